The monoisotopic (exact) mass is 327 g/mol. The Hall–Kier alpha value is -2.89. The van der Waals surface area contributed by atoms with Crippen molar-refractivity contribution in [3.05, 3.63) is 65.5 Å². The molecule has 1 aliphatic heterocycles. The number of carbonyl (C=O) groups is 2. The molecule has 0 atom stereocenters. The largest absolute Gasteiger partial charge is 0.334 e. The molecule has 1 aliphatic rings. The van der Waals surface area contributed by atoms with Gasteiger partial charge in [-0.25, -0.2) is 9.18 Å². The van der Waals surface area contributed by atoms with Crippen molar-refractivity contribution in [3.63, 3.8) is 0 Å². The lowest BCUT2D eigenvalue weighted by atomic mass is 10.1. The average molecular weight is 327 g/mol. The van der Waals surface area contributed by atoms with Gasteiger partial charge in [0.2, 0.25) is 0 Å². The fourth-order valence-corrected chi connectivity index (χ4v) is 2.32. The van der Waals surface area contributed by atoms with Gasteiger partial charge in [0.25, 0.3) is 5.91 Å². The number of halogens is 1. The van der Waals surface area contributed by atoms with E-state index in [2.05, 4.69) is 10.6 Å². The van der Waals surface area contributed by atoms with Crippen molar-refractivity contribution in [2.45, 2.75) is 13.0 Å². The molecule has 1 saturated heterocycles. The molecule has 6 heteroatoms. The number of urea groups is 1. The summed E-state index contributed by atoms with van der Waals surface area (Å²) >= 11 is 0. The molecule has 1 heterocycles. The van der Waals surface area contributed by atoms with E-state index >= 15 is 0 Å². The normalized spacial score (nSPS) is 13.1. The molecule has 2 aromatic rings. The van der Waals surface area contributed by atoms with Gasteiger partial charge in [0.15, 0.2) is 0 Å². The molecule has 0 aromatic heterocycles. The second-order valence-electron chi connectivity index (χ2n) is 5.66. The molecule has 0 aliphatic carbocycles. The standard InChI is InChI=1S/C18H18FN3O2/c19-15-6-8-16(9-7-15)21-17(23)14-4-2-13(3-5-14)12-20-18(24)22-10-1-11-22/h2-9H,1,10-12H2,(H,20,24)(H,21,23). The van der Waals surface area contributed by atoms with Crippen molar-refractivity contribution in [3.8, 4) is 0 Å². The maximum absolute atomic E-state index is 12.9. The Labute approximate surface area is 139 Å². The van der Waals surface area contributed by atoms with Gasteiger partial charge in [0.05, 0.1) is 0 Å². The van der Waals surface area contributed by atoms with E-state index in [-0.39, 0.29) is 17.8 Å². The van der Waals surface area contributed by atoms with Crippen LogP contribution in [0.1, 0.15) is 22.3 Å². The third-order valence-corrected chi connectivity index (χ3v) is 3.91. The topological polar surface area (TPSA) is 61.4 Å². The second-order valence-corrected chi connectivity index (χ2v) is 5.66. The van der Waals surface area contributed by atoms with E-state index in [1.165, 1.54) is 24.3 Å². The molecule has 24 heavy (non-hydrogen) atoms. The van der Waals surface area contributed by atoms with E-state index in [0.29, 0.717) is 17.8 Å². The average Bonchev–Trinajstić information content (AvgIpc) is 2.54. The number of hydrogen-bond donors (Lipinski definition) is 2. The van der Waals surface area contributed by atoms with Crippen LogP contribution in [0.4, 0.5) is 14.9 Å². The van der Waals surface area contributed by atoms with E-state index in [1.807, 2.05) is 0 Å². The van der Waals surface area contributed by atoms with Crippen LogP contribution in [0.5, 0.6) is 0 Å². The van der Waals surface area contributed by atoms with Gasteiger partial charge < -0.3 is 15.5 Å². The number of anilines is 1. The van der Waals surface area contributed by atoms with Crippen LogP contribution in [-0.4, -0.2) is 29.9 Å². The minimum absolute atomic E-state index is 0.0561. The zero-order valence-electron chi connectivity index (χ0n) is 13.1. The number of likely N-dealkylation sites (tertiary alicyclic amines) is 1. The first-order valence-electron chi connectivity index (χ1n) is 7.80. The molecule has 1 fully saturated rings. The van der Waals surface area contributed by atoms with Crippen LogP contribution in [0, 0.1) is 5.82 Å². The van der Waals surface area contributed by atoms with Gasteiger partial charge in [-0.2, -0.15) is 0 Å². The molecule has 0 unspecified atom stereocenters. The van der Waals surface area contributed by atoms with Crippen molar-refractivity contribution < 1.29 is 14.0 Å². The summed E-state index contributed by atoms with van der Waals surface area (Å²) in [7, 11) is 0. The number of nitrogens with zero attached hydrogens (tertiary/aromatic N) is 1. The first-order valence-corrected chi connectivity index (χ1v) is 7.80. The lowest BCUT2D eigenvalue weighted by Gasteiger charge is -2.30. The van der Waals surface area contributed by atoms with E-state index in [4.69, 9.17) is 0 Å². The van der Waals surface area contributed by atoms with Crippen LogP contribution in [0.15, 0.2) is 48.5 Å². The molecule has 0 saturated carbocycles. The molecule has 2 aromatic carbocycles. The van der Waals surface area contributed by atoms with Crippen molar-refractivity contribution in [2.75, 3.05) is 18.4 Å². The van der Waals surface area contributed by atoms with E-state index in [1.54, 1.807) is 29.2 Å². The van der Waals surface area contributed by atoms with E-state index < -0.39 is 0 Å². The highest BCUT2D eigenvalue weighted by molar-refractivity contribution is 6.04. The summed E-state index contributed by atoms with van der Waals surface area (Å²) in [6.07, 6.45) is 1.06. The van der Waals surface area contributed by atoms with Crippen molar-refractivity contribution >= 4 is 17.6 Å². The van der Waals surface area contributed by atoms with Gasteiger partial charge in [-0.3, -0.25) is 4.79 Å². The molecule has 124 valence electrons. The first kappa shape index (κ1) is 16.0. The maximum Gasteiger partial charge on any atom is 0.317 e. The van der Waals surface area contributed by atoms with E-state index in [9.17, 15) is 14.0 Å². The Bertz CT molecular complexity index is 725. The summed E-state index contributed by atoms with van der Waals surface area (Å²) < 4.78 is 12.9. The van der Waals surface area contributed by atoms with Crippen LogP contribution in [0.25, 0.3) is 0 Å². The highest BCUT2D eigenvalue weighted by Gasteiger charge is 2.19. The Morgan fingerprint density at radius 1 is 1.00 bits per heavy atom. The number of carbonyl (C=O) groups excluding carboxylic acids is 2. The van der Waals surface area contributed by atoms with Crippen LogP contribution >= 0.6 is 0 Å². The number of nitrogens with one attached hydrogen (secondary N) is 2. The van der Waals surface area contributed by atoms with Crippen LogP contribution in [-0.2, 0) is 6.54 Å². The van der Waals surface area contributed by atoms with Crippen LogP contribution < -0.4 is 10.6 Å². The Morgan fingerprint density at radius 2 is 1.67 bits per heavy atom. The summed E-state index contributed by atoms with van der Waals surface area (Å²) in [6, 6.07) is 12.5. The Balaban J connectivity index is 1.54. The Kier molecular flexibility index (Phi) is 4.74. The molecular weight excluding hydrogens is 309 g/mol. The van der Waals surface area contributed by atoms with Crippen LogP contribution in [0.3, 0.4) is 0 Å². The third-order valence-electron chi connectivity index (χ3n) is 3.91. The fourth-order valence-electron chi connectivity index (χ4n) is 2.32. The van der Waals surface area contributed by atoms with Gasteiger partial charge >= 0.3 is 6.03 Å². The van der Waals surface area contributed by atoms with Crippen molar-refractivity contribution in [2.24, 2.45) is 0 Å². The predicted octanol–water partition coefficient (Wildman–Crippen LogP) is 2.99. The summed E-state index contributed by atoms with van der Waals surface area (Å²) in [5.41, 5.74) is 1.95. The smallest absolute Gasteiger partial charge is 0.317 e. The molecule has 5 nitrogen and oxygen atoms in total. The van der Waals surface area contributed by atoms with E-state index in [0.717, 1.165) is 25.1 Å². The highest BCUT2D eigenvalue weighted by atomic mass is 19.1. The van der Waals surface area contributed by atoms with Crippen molar-refractivity contribution in [1.82, 2.24) is 10.2 Å². The third kappa shape index (κ3) is 3.90. The second kappa shape index (κ2) is 7.12. The molecule has 0 bridgehead atoms. The molecule has 3 rings (SSSR count). The van der Waals surface area contributed by atoms with Gasteiger partial charge in [-0.1, -0.05) is 12.1 Å². The maximum atomic E-state index is 12.9. The molecular formula is C18H18FN3O2. The number of amides is 3. The SMILES string of the molecule is O=C(Nc1ccc(F)cc1)c1ccc(CNC(=O)N2CCC2)cc1. The van der Waals surface area contributed by atoms with Crippen LogP contribution in [0.2, 0.25) is 0 Å². The minimum Gasteiger partial charge on any atom is -0.334 e. The van der Waals surface area contributed by atoms with Crippen molar-refractivity contribution in [1.29, 1.82) is 0 Å². The fraction of sp³-hybridized carbons (Fsp3) is 0.222. The summed E-state index contributed by atoms with van der Waals surface area (Å²) in [6.45, 7) is 2.05. The molecule has 0 radical (unpaired) electrons. The summed E-state index contributed by atoms with van der Waals surface area (Å²) in [5, 5.41) is 5.55. The zero-order valence-corrected chi connectivity index (χ0v) is 13.1. The molecule has 3 amide bonds. The summed E-state index contributed by atoms with van der Waals surface area (Å²) in [4.78, 5) is 25.6. The lowest BCUT2D eigenvalue weighted by Crippen LogP contribution is -2.47. The zero-order chi connectivity index (χ0) is 16.9. The van der Waals surface area contributed by atoms with Gasteiger partial charge in [0.1, 0.15) is 5.82 Å². The minimum atomic E-state index is -0.349. The highest BCUT2D eigenvalue weighted by Crippen LogP contribution is 2.12. The number of hydrogen-bond acceptors (Lipinski definition) is 2. The molecule has 2 N–H and O–H groups in total. The molecule has 0 spiro atoms. The quantitative estimate of drug-likeness (QED) is 0.907. The van der Waals surface area contributed by atoms with Gasteiger partial charge in [0, 0.05) is 30.9 Å². The van der Waals surface area contributed by atoms with Gasteiger partial charge in [-0.05, 0) is 48.4 Å². The Morgan fingerprint density at radius 3 is 2.25 bits per heavy atom. The number of benzene rings is 2. The number of rotatable bonds is 4. The summed E-state index contributed by atoms with van der Waals surface area (Å²) in [5.74, 6) is -0.615. The predicted molar refractivity (Wildman–Crippen MR) is 89.2 cm³/mol. The van der Waals surface area contributed by atoms with Gasteiger partial charge in [-0.15, -0.1) is 0 Å². The first-order chi connectivity index (χ1) is 11.6. The lowest BCUT2D eigenvalue weighted by molar-refractivity contribution is 0.102.